The molecule has 0 bridgehead atoms. The highest BCUT2D eigenvalue weighted by Crippen LogP contribution is 2.23. The fourth-order valence-electron chi connectivity index (χ4n) is 3.20. The lowest BCUT2D eigenvalue weighted by Gasteiger charge is -2.24. The molecule has 0 radical (unpaired) electrons. The van der Waals surface area contributed by atoms with Crippen LogP contribution in [0, 0.1) is 5.82 Å². The maximum atomic E-state index is 13.4. The zero-order chi connectivity index (χ0) is 25.9. The number of nitrogens with two attached hydrogens (primary N) is 1. The van der Waals surface area contributed by atoms with E-state index in [-0.39, 0.29) is 41.4 Å². The van der Waals surface area contributed by atoms with Gasteiger partial charge in [-0.3, -0.25) is 9.69 Å². The average molecular weight is 507 g/mol. The zero-order valence-electron chi connectivity index (χ0n) is 20.1. The van der Waals surface area contributed by atoms with Gasteiger partial charge in [0.05, 0.1) is 19.4 Å². The van der Waals surface area contributed by atoms with Gasteiger partial charge in [-0.15, -0.1) is 0 Å². The van der Waals surface area contributed by atoms with E-state index < -0.39 is 23.4 Å². The fraction of sp³-hybridized carbons (Fsp3) is 0.391. The number of carbonyl (C=O) groups is 2. The first-order chi connectivity index (χ1) is 16.3. The minimum absolute atomic E-state index is 0.0724. The quantitative estimate of drug-likeness (QED) is 0.369. The fourth-order valence-corrected chi connectivity index (χ4v) is 3.37. The number of hydrogen-bond acceptors (Lipinski definition) is 7. The summed E-state index contributed by atoms with van der Waals surface area (Å²) >= 11 is 6.18. The number of nitrogens with zero attached hydrogens (tertiary/aromatic N) is 4. The van der Waals surface area contributed by atoms with Crippen LogP contribution in [0.15, 0.2) is 30.5 Å². The number of nitrogen functional groups attached to an aromatic ring is 1. The van der Waals surface area contributed by atoms with E-state index >= 15 is 0 Å². The molecule has 0 unspecified atom stereocenters. The third-order valence-corrected chi connectivity index (χ3v) is 4.86. The summed E-state index contributed by atoms with van der Waals surface area (Å²) in [5.41, 5.74) is 6.16. The highest BCUT2D eigenvalue weighted by atomic mass is 35.5. The summed E-state index contributed by atoms with van der Waals surface area (Å²) in [4.78, 5) is 30.8. The Labute approximate surface area is 207 Å². The normalized spacial score (nSPS) is 12.4. The molecule has 0 aliphatic heterocycles. The Morgan fingerprint density at radius 2 is 2.00 bits per heavy atom. The standard InChI is InChI=1S/C23H28ClFN6O4/c1-13(11-34-12-14-6-15(25)8-16(26)7-14)28-21(32)17-10-27-31-19(9-18(24)29-20(17)31)30(5)22(33)35-23(2,3)4/h6-10,13H,11-12,26H2,1-5H3,(H,28,32)/t13-/m1/s1. The molecule has 2 heterocycles. The van der Waals surface area contributed by atoms with Crippen LogP contribution in [-0.4, -0.2) is 51.9 Å². The van der Waals surface area contributed by atoms with E-state index in [1.165, 1.54) is 40.9 Å². The van der Waals surface area contributed by atoms with Crippen LogP contribution in [0.2, 0.25) is 5.15 Å². The van der Waals surface area contributed by atoms with Crippen LogP contribution in [0.5, 0.6) is 0 Å². The van der Waals surface area contributed by atoms with Crippen molar-refractivity contribution in [3.05, 3.63) is 52.6 Å². The first kappa shape index (κ1) is 26.2. The molecule has 0 aliphatic carbocycles. The molecule has 0 saturated heterocycles. The number of carbonyl (C=O) groups excluding carboxylic acids is 2. The number of halogens is 2. The number of ether oxygens (including phenoxy) is 2. The highest BCUT2D eigenvalue weighted by Gasteiger charge is 2.25. The van der Waals surface area contributed by atoms with Gasteiger partial charge in [-0.25, -0.2) is 14.2 Å². The summed E-state index contributed by atoms with van der Waals surface area (Å²) in [6.45, 7) is 7.32. The molecule has 1 aromatic carbocycles. The highest BCUT2D eigenvalue weighted by molar-refractivity contribution is 6.30. The predicted octanol–water partition coefficient (Wildman–Crippen LogP) is 3.81. The number of amides is 2. The van der Waals surface area contributed by atoms with Gasteiger partial charge in [0, 0.05) is 24.8 Å². The minimum Gasteiger partial charge on any atom is -0.443 e. The Bertz CT molecular complexity index is 1220. The molecule has 3 N–H and O–H groups in total. The van der Waals surface area contributed by atoms with E-state index in [0.29, 0.717) is 11.3 Å². The molecule has 188 valence electrons. The van der Waals surface area contributed by atoms with Crippen molar-refractivity contribution < 1.29 is 23.5 Å². The van der Waals surface area contributed by atoms with Gasteiger partial charge >= 0.3 is 6.09 Å². The van der Waals surface area contributed by atoms with Crippen molar-refractivity contribution in [2.24, 2.45) is 0 Å². The molecular formula is C23H28ClFN6O4. The number of aromatic nitrogens is 3. The number of nitrogens with one attached hydrogen (secondary N) is 1. The van der Waals surface area contributed by atoms with Gasteiger partial charge in [-0.2, -0.15) is 9.61 Å². The Balaban J connectivity index is 1.70. The lowest BCUT2D eigenvalue weighted by molar-refractivity contribution is 0.0587. The van der Waals surface area contributed by atoms with Crippen LogP contribution < -0.4 is 16.0 Å². The van der Waals surface area contributed by atoms with Crippen molar-refractivity contribution in [2.75, 3.05) is 24.3 Å². The summed E-state index contributed by atoms with van der Waals surface area (Å²) in [6, 6.07) is 5.24. The van der Waals surface area contributed by atoms with Crippen molar-refractivity contribution >= 4 is 40.8 Å². The van der Waals surface area contributed by atoms with Crippen molar-refractivity contribution in [1.82, 2.24) is 19.9 Å². The molecular weight excluding hydrogens is 479 g/mol. The largest absolute Gasteiger partial charge is 0.443 e. The zero-order valence-corrected chi connectivity index (χ0v) is 20.9. The molecule has 0 spiro atoms. The molecule has 1 atom stereocenters. The first-order valence-corrected chi connectivity index (χ1v) is 11.2. The Morgan fingerprint density at radius 3 is 2.66 bits per heavy atom. The molecule has 10 nitrogen and oxygen atoms in total. The molecule has 3 rings (SSSR count). The van der Waals surface area contributed by atoms with E-state index in [0.717, 1.165) is 0 Å². The van der Waals surface area contributed by atoms with Gasteiger partial charge in [0.15, 0.2) is 5.65 Å². The molecule has 0 saturated carbocycles. The Hall–Kier alpha value is -3.44. The lowest BCUT2D eigenvalue weighted by Crippen LogP contribution is -2.36. The molecule has 12 heteroatoms. The average Bonchev–Trinajstić information content (AvgIpc) is 3.14. The van der Waals surface area contributed by atoms with E-state index in [2.05, 4.69) is 15.4 Å². The summed E-state index contributed by atoms with van der Waals surface area (Å²) in [7, 11) is 1.51. The van der Waals surface area contributed by atoms with E-state index in [4.69, 9.17) is 26.8 Å². The molecule has 2 aromatic heterocycles. The molecule has 35 heavy (non-hydrogen) atoms. The van der Waals surface area contributed by atoms with Crippen LogP contribution >= 0.6 is 11.6 Å². The van der Waals surface area contributed by atoms with Crippen LogP contribution in [-0.2, 0) is 16.1 Å². The van der Waals surface area contributed by atoms with Crippen LogP contribution in [0.1, 0.15) is 43.6 Å². The molecule has 0 fully saturated rings. The number of hydrogen-bond donors (Lipinski definition) is 2. The number of rotatable bonds is 7. The summed E-state index contributed by atoms with van der Waals surface area (Å²) in [6.07, 6.45) is 0.720. The minimum atomic E-state index is -0.698. The topological polar surface area (TPSA) is 124 Å². The first-order valence-electron chi connectivity index (χ1n) is 10.8. The van der Waals surface area contributed by atoms with Gasteiger partial charge in [0.1, 0.15) is 28.0 Å². The smallest absolute Gasteiger partial charge is 0.415 e. The van der Waals surface area contributed by atoms with Crippen molar-refractivity contribution in [1.29, 1.82) is 0 Å². The van der Waals surface area contributed by atoms with Crippen molar-refractivity contribution in [2.45, 2.75) is 45.9 Å². The SMILES string of the molecule is C[C@H](COCc1cc(N)cc(F)c1)NC(=O)c1cnn2c(N(C)C(=O)OC(C)(C)C)cc(Cl)nc12. The monoisotopic (exact) mass is 506 g/mol. The lowest BCUT2D eigenvalue weighted by atomic mass is 10.2. The summed E-state index contributed by atoms with van der Waals surface area (Å²) in [5.74, 6) is -0.619. The number of benzene rings is 1. The molecule has 2 amide bonds. The van der Waals surface area contributed by atoms with Gasteiger partial charge < -0.3 is 20.5 Å². The van der Waals surface area contributed by atoms with Gasteiger partial charge in [0.2, 0.25) is 0 Å². The van der Waals surface area contributed by atoms with Crippen molar-refractivity contribution in [3.63, 3.8) is 0 Å². The summed E-state index contributed by atoms with van der Waals surface area (Å²) < 4.78 is 25.8. The molecule has 0 aliphatic rings. The second-order valence-electron chi connectivity index (χ2n) is 9.05. The van der Waals surface area contributed by atoms with Crippen LogP contribution in [0.4, 0.5) is 20.7 Å². The van der Waals surface area contributed by atoms with E-state index in [1.807, 2.05) is 0 Å². The van der Waals surface area contributed by atoms with Gasteiger partial charge in [-0.1, -0.05) is 11.6 Å². The maximum Gasteiger partial charge on any atom is 0.415 e. The third-order valence-electron chi connectivity index (χ3n) is 4.67. The summed E-state index contributed by atoms with van der Waals surface area (Å²) in [5, 5.41) is 7.09. The molecule has 3 aromatic rings. The van der Waals surface area contributed by atoms with Crippen molar-refractivity contribution in [3.8, 4) is 0 Å². The second kappa shape index (κ2) is 10.4. The Morgan fingerprint density at radius 1 is 1.29 bits per heavy atom. The van der Waals surface area contributed by atoms with Gasteiger partial charge in [0.25, 0.3) is 5.91 Å². The van der Waals surface area contributed by atoms with E-state index in [1.54, 1.807) is 33.8 Å². The van der Waals surface area contributed by atoms with Crippen LogP contribution in [0.3, 0.4) is 0 Å². The number of anilines is 2. The Kier molecular flexibility index (Phi) is 7.81. The predicted molar refractivity (Wildman–Crippen MR) is 130 cm³/mol. The maximum absolute atomic E-state index is 13.4. The van der Waals surface area contributed by atoms with E-state index in [9.17, 15) is 14.0 Å². The number of fused-ring (bicyclic) bond motifs is 1. The second-order valence-corrected chi connectivity index (χ2v) is 9.44. The third kappa shape index (κ3) is 6.80. The van der Waals surface area contributed by atoms with Crippen LogP contribution in [0.25, 0.3) is 5.65 Å². The van der Waals surface area contributed by atoms with Gasteiger partial charge in [-0.05, 0) is 51.5 Å².